The molecule has 8 bridgehead atoms. The average Bonchev–Trinajstić information content (AvgIpc) is 3.99. The molecule has 0 saturated carbocycles. The molecule has 9 heteroatoms. The molecule has 0 spiro atoms. The minimum Gasteiger partial charge on any atom is -0.354 e. The summed E-state index contributed by atoms with van der Waals surface area (Å²) in [6, 6.07) is 25.8. The molecule has 9 rings (SSSR count). The molecule has 0 fully saturated rings. The fourth-order valence-corrected chi connectivity index (χ4v) is 7.09. The van der Waals surface area contributed by atoms with Crippen molar-refractivity contribution in [2.24, 2.45) is 28.2 Å². The second-order valence-electron chi connectivity index (χ2n) is 13.5. The number of hydrogen-bond acceptors (Lipinski definition) is 2. The summed E-state index contributed by atoms with van der Waals surface area (Å²) in [5.74, 6) is 0. The first-order valence-corrected chi connectivity index (χ1v) is 17.4. The predicted molar refractivity (Wildman–Crippen MR) is 205 cm³/mol. The maximum atomic E-state index is 5.39. The number of aryl methyl sites for hydroxylation is 4. The fourth-order valence-electron chi connectivity index (χ4n) is 7.09. The van der Waals surface area contributed by atoms with Crippen molar-refractivity contribution in [2.75, 3.05) is 0 Å². The van der Waals surface area contributed by atoms with Crippen molar-refractivity contribution in [1.82, 2.24) is 19.9 Å². The first-order chi connectivity index (χ1) is 25.4. The third-order valence-corrected chi connectivity index (χ3v) is 9.82. The molecule has 0 saturated heterocycles. The molecule has 53 heavy (non-hydrogen) atoms. The molecular weight excluding hydrogens is 695 g/mol. The summed E-state index contributed by atoms with van der Waals surface area (Å²) in [6.45, 7) is 0. The van der Waals surface area contributed by atoms with Crippen molar-refractivity contribution in [1.29, 1.82) is 0 Å². The molecule has 0 unspecified atom stereocenters. The van der Waals surface area contributed by atoms with E-state index in [-0.39, 0.29) is 17.1 Å². The molecule has 2 N–H and O–H groups in total. The van der Waals surface area contributed by atoms with Crippen LogP contribution in [0.2, 0.25) is 0 Å². The Balaban J connectivity index is 0.00000400. The molecular formula is C44H38MnN8+7. The smallest absolute Gasteiger partial charge is 0.354 e. The van der Waals surface area contributed by atoms with Crippen molar-refractivity contribution in [2.45, 2.75) is 0 Å². The van der Waals surface area contributed by atoms with Gasteiger partial charge in [0.05, 0.1) is 22.8 Å². The average molecular weight is 734 g/mol. The van der Waals surface area contributed by atoms with E-state index in [1.165, 1.54) is 0 Å². The minimum absolute atomic E-state index is 0. The minimum atomic E-state index is 0. The summed E-state index contributed by atoms with van der Waals surface area (Å²) in [5.41, 5.74) is 15.9. The van der Waals surface area contributed by atoms with Crippen LogP contribution in [0.25, 0.3) is 90.9 Å². The van der Waals surface area contributed by atoms with E-state index in [0.29, 0.717) is 0 Å². The standard InChI is InChI=1S/C44H37N8.Mn/c1-49-21-13-29(14-22-49)41-33-5-7-35(45-33)42(30-15-23-50(2)24-16-30)37-9-11-39(47-37)44(32-19-27-52(4)28-20-32)40-12-10-38(48-40)43(36-8-6-34(41)46-36)31-17-25-51(3)26-18-31;/h5-28H,1-4H3,(H,45,46,47,48);/q2*+3/p+1. The van der Waals surface area contributed by atoms with E-state index in [9.17, 15) is 0 Å². The molecule has 9 heterocycles. The van der Waals surface area contributed by atoms with Gasteiger partial charge in [-0.15, -0.1) is 0 Å². The van der Waals surface area contributed by atoms with Crippen molar-refractivity contribution in [3.63, 3.8) is 0 Å². The van der Waals surface area contributed by atoms with Gasteiger partial charge in [-0.3, -0.25) is 0 Å². The normalized spacial score (nSPS) is 11.8. The van der Waals surface area contributed by atoms with Crippen LogP contribution in [0.1, 0.15) is 22.8 Å². The van der Waals surface area contributed by atoms with Crippen LogP contribution in [0.15, 0.2) is 122 Å². The van der Waals surface area contributed by atoms with Crippen LogP contribution < -0.4 is 18.3 Å². The number of pyridine rings is 4. The molecule has 2 aliphatic heterocycles. The van der Waals surface area contributed by atoms with Crippen LogP contribution in [0.5, 0.6) is 0 Å². The number of aromatic amines is 2. The Morgan fingerprint density at radius 2 is 0.547 bits per heavy atom. The van der Waals surface area contributed by atoms with Crippen LogP contribution in [0, 0.1) is 0 Å². The number of rotatable bonds is 4. The van der Waals surface area contributed by atoms with Gasteiger partial charge in [-0.1, -0.05) is 0 Å². The second kappa shape index (κ2) is 13.7. The SMILES string of the molecule is C[n+]1ccc(-c2c3nc(c(-c4cc[n+](C)cc4)c4ccc([nH]4)c(-c4cc[n+](C)cc4)c4nc(c(-c5cc[n+](C)cc5)c5ccc2[nH]5)C=C4)C=C3)cc1.[Mn+3]. The van der Waals surface area contributed by atoms with Crippen LogP contribution in [0.3, 0.4) is 0 Å². The summed E-state index contributed by atoms with van der Waals surface area (Å²) in [6.07, 6.45) is 25.2. The largest absolute Gasteiger partial charge is 3.00 e. The maximum absolute atomic E-state index is 5.39. The maximum Gasteiger partial charge on any atom is 3.00 e. The molecule has 7 aromatic rings. The molecule has 8 nitrogen and oxygen atoms in total. The quantitative estimate of drug-likeness (QED) is 0.158. The number of fused-ring (bicyclic) bond motifs is 8. The van der Waals surface area contributed by atoms with Gasteiger partial charge in [0.15, 0.2) is 49.6 Å². The zero-order chi connectivity index (χ0) is 35.3. The first-order valence-electron chi connectivity index (χ1n) is 17.4. The molecule has 0 amide bonds. The van der Waals surface area contributed by atoms with Gasteiger partial charge in [-0.05, 0) is 70.8 Å². The monoisotopic (exact) mass is 733 g/mol. The summed E-state index contributed by atoms with van der Waals surface area (Å²) < 4.78 is 8.20. The fraction of sp³-hybridized carbons (Fsp3) is 0.0909. The van der Waals surface area contributed by atoms with E-state index in [4.69, 9.17) is 9.97 Å². The third-order valence-electron chi connectivity index (χ3n) is 9.82. The molecule has 2 aliphatic rings. The Kier molecular flexibility index (Phi) is 8.74. The van der Waals surface area contributed by atoms with Gasteiger partial charge in [0, 0.05) is 92.9 Å². The molecule has 0 aliphatic carbocycles. The van der Waals surface area contributed by atoms with Gasteiger partial charge >= 0.3 is 17.1 Å². The molecule has 254 valence electrons. The van der Waals surface area contributed by atoms with Crippen molar-refractivity contribution in [3.8, 4) is 44.5 Å². The second-order valence-corrected chi connectivity index (χ2v) is 13.5. The number of nitrogens with zero attached hydrogens (tertiary/aromatic N) is 6. The number of hydrogen-bond donors (Lipinski definition) is 2. The van der Waals surface area contributed by atoms with Gasteiger partial charge < -0.3 is 9.97 Å². The van der Waals surface area contributed by atoms with Crippen LogP contribution in [0.4, 0.5) is 0 Å². The number of nitrogens with one attached hydrogen (secondary N) is 2. The van der Waals surface area contributed by atoms with Gasteiger partial charge in [0.1, 0.15) is 28.2 Å². The molecule has 0 atom stereocenters. The molecule has 0 aromatic carbocycles. The first kappa shape index (κ1) is 33.8. The van der Waals surface area contributed by atoms with Crippen molar-refractivity contribution in [3.05, 3.63) is 145 Å². The zero-order valence-electron chi connectivity index (χ0n) is 29.9. The number of H-pyrrole nitrogens is 2. The van der Waals surface area contributed by atoms with Gasteiger partial charge in [-0.2, -0.15) is 0 Å². The van der Waals surface area contributed by atoms with E-state index < -0.39 is 0 Å². The summed E-state index contributed by atoms with van der Waals surface area (Å²) in [4.78, 5) is 18.4. The van der Waals surface area contributed by atoms with E-state index >= 15 is 0 Å². The van der Waals surface area contributed by atoms with Gasteiger partial charge in [-0.25, -0.2) is 28.2 Å². The van der Waals surface area contributed by atoms with E-state index in [1.54, 1.807) is 0 Å². The Morgan fingerprint density at radius 3 is 0.755 bits per heavy atom. The predicted octanol–water partition coefficient (Wildman–Crippen LogP) is 6.62. The van der Waals surface area contributed by atoms with Gasteiger partial charge in [0.25, 0.3) is 0 Å². The summed E-state index contributed by atoms with van der Waals surface area (Å²) in [5, 5.41) is 0. The van der Waals surface area contributed by atoms with E-state index in [0.717, 1.165) is 89.4 Å². The topological polar surface area (TPSA) is 72.9 Å². The Labute approximate surface area is 318 Å². The Bertz CT molecular complexity index is 2370. The zero-order valence-corrected chi connectivity index (χ0v) is 31.1. The van der Waals surface area contributed by atoms with Gasteiger partial charge in [0.2, 0.25) is 0 Å². The van der Waals surface area contributed by atoms with Crippen molar-refractivity contribution >= 4 is 46.4 Å². The molecule has 7 aromatic heterocycles. The summed E-state index contributed by atoms with van der Waals surface area (Å²) in [7, 11) is 8.14. The van der Waals surface area contributed by atoms with Crippen LogP contribution >= 0.6 is 0 Å². The third kappa shape index (κ3) is 6.31. The Hall–Kier alpha value is -6.28. The van der Waals surface area contributed by atoms with Crippen molar-refractivity contribution < 1.29 is 35.3 Å². The van der Waals surface area contributed by atoms with E-state index in [2.05, 4.69) is 157 Å². The van der Waals surface area contributed by atoms with E-state index in [1.807, 2.05) is 46.5 Å². The number of aromatic nitrogens is 8. The van der Waals surface area contributed by atoms with Crippen LogP contribution in [-0.4, -0.2) is 19.9 Å². The molecule has 0 radical (unpaired) electrons. The Morgan fingerprint density at radius 1 is 0.340 bits per heavy atom. The van der Waals surface area contributed by atoms with Crippen LogP contribution in [-0.2, 0) is 45.3 Å². The summed E-state index contributed by atoms with van der Waals surface area (Å²) >= 11 is 0.